The van der Waals surface area contributed by atoms with Crippen LogP contribution in [0.2, 0.25) is 0 Å². The number of hydrogen-bond acceptors (Lipinski definition) is 4. The van der Waals surface area contributed by atoms with Crippen LogP contribution in [0.25, 0.3) is 0 Å². The lowest BCUT2D eigenvalue weighted by atomic mass is 9.92. The van der Waals surface area contributed by atoms with Crippen LogP contribution in [-0.2, 0) is 9.53 Å². The Morgan fingerprint density at radius 2 is 2.44 bits per heavy atom. The van der Waals surface area contributed by atoms with E-state index in [1.807, 2.05) is 18.2 Å². The molecule has 5 heteroatoms. The van der Waals surface area contributed by atoms with Crippen molar-refractivity contribution in [3.8, 4) is 0 Å². The van der Waals surface area contributed by atoms with Crippen molar-refractivity contribution in [3.05, 3.63) is 46.1 Å². The van der Waals surface area contributed by atoms with E-state index in [4.69, 9.17) is 4.74 Å². The van der Waals surface area contributed by atoms with E-state index in [1.54, 1.807) is 6.08 Å². The molecule has 2 atom stereocenters. The van der Waals surface area contributed by atoms with Gasteiger partial charge in [-0.3, -0.25) is 10.1 Å². The highest BCUT2D eigenvalue weighted by Gasteiger charge is 2.33. The molecule has 0 fully saturated rings. The van der Waals surface area contributed by atoms with Crippen LogP contribution in [0.15, 0.2) is 36.0 Å². The summed E-state index contributed by atoms with van der Waals surface area (Å²) < 4.78 is 5.01. The number of cyclic esters (lactones) is 1. The van der Waals surface area contributed by atoms with Crippen molar-refractivity contribution in [3.63, 3.8) is 0 Å². The van der Waals surface area contributed by atoms with Gasteiger partial charge in [-0.05, 0) is 12.5 Å². The number of rotatable bonds is 4. The fourth-order valence-electron chi connectivity index (χ4n) is 1.93. The van der Waals surface area contributed by atoms with Crippen LogP contribution in [0.4, 0.5) is 0 Å². The zero-order valence-corrected chi connectivity index (χ0v) is 8.54. The predicted molar refractivity (Wildman–Crippen MR) is 56.2 cm³/mol. The first-order chi connectivity index (χ1) is 7.66. The van der Waals surface area contributed by atoms with Crippen molar-refractivity contribution in [1.82, 2.24) is 0 Å². The van der Waals surface area contributed by atoms with Gasteiger partial charge in [0.25, 0.3) is 0 Å². The van der Waals surface area contributed by atoms with Gasteiger partial charge in [0.2, 0.25) is 6.54 Å². The second kappa shape index (κ2) is 4.30. The molecule has 2 rings (SSSR count). The number of allylic oxidation sites excluding steroid dienone is 3. The third-order valence-electron chi connectivity index (χ3n) is 2.69. The maximum absolute atomic E-state index is 10.9. The van der Waals surface area contributed by atoms with Crippen molar-refractivity contribution >= 4 is 5.97 Å². The number of esters is 1. The molecular formula is C11H11NO4. The van der Waals surface area contributed by atoms with Crippen LogP contribution in [-0.4, -0.2) is 23.5 Å². The van der Waals surface area contributed by atoms with Crippen molar-refractivity contribution < 1.29 is 14.5 Å². The zero-order valence-electron chi connectivity index (χ0n) is 8.54. The van der Waals surface area contributed by atoms with Crippen LogP contribution in [0, 0.1) is 16.0 Å². The minimum Gasteiger partial charge on any atom is -0.454 e. The second-order valence-corrected chi connectivity index (χ2v) is 3.76. The lowest BCUT2D eigenvalue weighted by Crippen LogP contribution is -2.28. The molecule has 0 aromatic heterocycles. The number of nitro groups is 1. The Morgan fingerprint density at radius 3 is 2.94 bits per heavy atom. The van der Waals surface area contributed by atoms with Crippen molar-refractivity contribution in [1.29, 1.82) is 0 Å². The standard InChI is InChI=1S/C11H11NO4/c13-11-6-5-10(16-11)9(7-12(14)15)8-3-1-2-4-8/h1-3,5-6,9-10H,4,7H2/t9-,10+/m0/s1. The molecule has 0 saturated heterocycles. The average Bonchev–Trinajstić information content (AvgIpc) is 2.84. The summed E-state index contributed by atoms with van der Waals surface area (Å²) in [4.78, 5) is 21.2. The summed E-state index contributed by atoms with van der Waals surface area (Å²) in [5, 5.41) is 10.6. The number of carbonyl (C=O) groups excluding carboxylic acids is 1. The van der Waals surface area contributed by atoms with Gasteiger partial charge in [0.1, 0.15) is 6.10 Å². The Bertz CT molecular complexity index is 408. The molecular weight excluding hydrogens is 210 g/mol. The van der Waals surface area contributed by atoms with Gasteiger partial charge >= 0.3 is 5.97 Å². The smallest absolute Gasteiger partial charge is 0.331 e. The monoisotopic (exact) mass is 221 g/mol. The van der Waals surface area contributed by atoms with Gasteiger partial charge in [-0.25, -0.2) is 4.79 Å². The molecule has 0 spiro atoms. The molecule has 2 aliphatic rings. The molecule has 16 heavy (non-hydrogen) atoms. The Hall–Kier alpha value is -1.91. The minimum atomic E-state index is -0.496. The summed E-state index contributed by atoms with van der Waals surface area (Å²) in [6, 6.07) is 0. The number of carbonyl (C=O) groups is 1. The van der Waals surface area contributed by atoms with Crippen molar-refractivity contribution in [2.75, 3.05) is 6.54 Å². The molecule has 0 radical (unpaired) electrons. The van der Waals surface area contributed by atoms with Gasteiger partial charge in [-0.1, -0.05) is 23.8 Å². The van der Waals surface area contributed by atoms with Gasteiger partial charge < -0.3 is 4.74 Å². The van der Waals surface area contributed by atoms with E-state index in [1.165, 1.54) is 6.08 Å². The Labute approximate surface area is 92.2 Å². The first kappa shape index (κ1) is 10.6. The molecule has 0 aromatic rings. The molecule has 0 N–H and O–H groups in total. The molecule has 1 aliphatic heterocycles. The van der Waals surface area contributed by atoms with Crippen molar-refractivity contribution in [2.24, 2.45) is 5.92 Å². The Balaban J connectivity index is 2.11. The quantitative estimate of drug-likeness (QED) is 0.407. The molecule has 84 valence electrons. The fourth-order valence-corrected chi connectivity index (χ4v) is 1.93. The maximum Gasteiger partial charge on any atom is 0.331 e. The molecule has 0 unspecified atom stereocenters. The molecule has 0 amide bonds. The molecule has 1 aliphatic carbocycles. The van der Waals surface area contributed by atoms with E-state index in [9.17, 15) is 14.9 Å². The van der Waals surface area contributed by atoms with Crippen LogP contribution in [0.3, 0.4) is 0 Å². The van der Waals surface area contributed by atoms with Crippen LogP contribution < -0.4 is 0 Å². The summed E-state index contributed by atoms with van der Waals surface area (Å²) in [5.41, 5.74) is 0.945. The first-order valence-electron chi connectivity index (χ1n) is 5.03. The molecule has 1 heterocycles. The summed E-state index contributed by atoms with van der Waals surface area (Å²) in [6.45, 7) is -0.213. The van der Waals surface area contributed by atoms with Gasteiger partial charge in [0, 0.05) is 11.0 Å². The highest BCUT2D eigenvalue weighted by molar-refractivity contribution is 5.84. The van der Waals surface area contributed by atoms with Crippen molar-refractivity contribution in [2.45, 2.75) is 12.5 Å². The fraction of sp³-hybridized carbons (Fsp3) is 0.364. The van der Waals surface area contributed by atoms with E-state index in [0.29, 0.717) is 6.42 Å². The van der Waals surface area contributed by atoms with Crippen LogP contribution in [0.1, 0.15) is 6.42 Å². The predicted octanol–water partition coefficient (Wildman–Crippen LogP) is 1.25. The summed E-state index contributed by atoms with van der Waals surface area (Å²) >= 11 is 0. The largest absolute Gasteiger partial charge is 0.454 e. The number of nitrogens with zero attached hydrogens (tertiary/aromatic N) is 1. The topological polar surface area (TPSA) is 69.4 Å². The third kappa shape index (κ3) is 2.18. The maximum atomic E-state index is 10.9. The second-order valence-electron chi connectivity index (χ2n) is 3.76. The van der Waals surface area contributed by atoms with Crippen LogP contribution in [0.5, 0.6) is 0 Å². The SMILES string of the molecule is O=C1C=C[C@H]([C@@H](C[N+](=O)[O-])C2=CC=CC2)O1. The van der Waals surface area contributed by atoms with E-state index in [2.05, 4.69) is 0 Å². The lowest BCUT2D eigenvalue weighted by Gasteiger charge is -2.19. The van der Waals surface area contributed by atoms with Crippen LogP contribution >= 0.6 is 0 Å². The summed E-state index contributed by atoms with van der Waals surface area (Å²) in [6.07, 6.45) is 8.76. The van der Waals surface area contributed by atoms with Gasteiger partial charge in [-0.15, -0.1) is 0 Å². The highest BCUT2D eigenvalue weighted by atomic mass is 16.6. The van der Waals surface area contributed by atoms with Gasteiger partial charge in [-0.2, -0.15) is 0 Å². The summed E-state index contributed by atoms with van der Waals surface area (Å²) in [5.74, 6) is -0.780. The molecule has 0 saturated carbocycles. The molecule has 0 aromatic carbocycles. The first-order valence-corrected chi connectivity index (χ1v) is 5.03. The van der Waals surface area contributed by atoms with Gasteiger partial charge in [0.15, 0.2) is 0 Å². The zero-order chi connectivity index (χ0) is 11.5. The van der Waals surface area contributed by atoms with E-state index >= 15 is 0 Å². The molecule has 0 bridgehead atoms. The van der Waals surface area contributed by atoms with E-state index in [0.717, 1.165) is 5.57 Å². The number of ether oxygens (including phenoxy) is 1. The Kier molecular flexibility index (Phi) is 2.85. The normalized spacial score (nSPS) is 24.4. The minimum absolute atomic E-state index is 0.213. The van der Waals surface area contributed by atoms with E-state index in [-0.39, 0.29) is 17.4 Å². The molecule has 5 nitrogen and oxygen atoms in total. The van der Waals surface area contributed by atoms with E-state index < -0.39 is 12.1 Å². The highest BCUT2D eigenvalue weighted by Crippen LogP contribution is 2.28. The summed E-state index contributed by atoms with van der Waals surface area (Å²) in [7, 11) is 0. The number of hydrogen-bond donors (Lipinski definition) is 0. The third-order valence-corrected chi connectivity index (χ3v) is 2.69. The van der Waals surface area contributed by atoms with Gasteiger partial charge in [0.05, 0.1) is 5.92 Å². The Morgan fingerprint density at radius 1 is 1.62 bits per heavy atom. The lowest BCUT2D eigenvalue weighted by molar-refractivity contribution is -0.487. The average molecular weight is 221 g/mol.